The number of fused-ring (bicyclic) bond motifs is 1. The van der Waals surface area contributed by atoms with Crippen LogP contribution < -0.4 is 0 Å². The van der Waals surface area contributed by atoms with Crippen molar-refractivity contribution in [3.8, 4) is 0 Å². The summed E-state index contributed by atoms with van der Waals surface area (Å²) in [5, 5.41) is 9.31. The van der Waals surface area contributed by atoms with Gasteiger partial charge in [0.05, 0.1) is 18.8 Å². The lowest BCUT2D eigenvalue weighted by molar-refractivity contribution is 0.225. The quantitative estimate of drug-likeness (QED) is 0.905. The summed E-state index contributed by atoms with van der Waals surface area (Å²) < 4.78 is 40.4. The summed E-state index contributed by atoms with van der Waals surface area (Å²) in [7, 11) is -3.94. The van der Waals surface area contributed by atoms with Gasteiger partial charge in [-0.2, -0.15) is 4.31 Å². The van der Waals surface area contributed by atoms with Crippen LogP contribution in [0.15, 0.2) is 47.6 Å². The standard InChI is InChI=1S/C16H17FN2O3S/c17-13-9-14(11-18-10-13)23(21,22)19(7-8-20)16-6-5-12-3-1-2-4-15(12)16/h1-4,9-11,16,20H,5-8H2. The highest BCUT2D eigenvalue weighted by molar-refractivity contribution is 7.89. The summed E-state index contributed by atoms with van der Waals surface area (Å²) in [6, 6.07) is 8.26. The molecule has 1 atom stereocenters. The van der Waals surface area contributed by atoms with E-state index < -0.39 is 15.8 Å². The first kappa shape index (κ1) is 16.0. The second kappa shape index (κ2) is 6.35. The molecule has 0 saturated carbocycles. The van der Waals surface area contributed by atoms with E-state index in [9.17, 15) is 17.9 Å². The molecule has 7 heteroatoms. The fourth-order valence-electron chi connectivity index (χ4n) is 3.04. The van der Waals surface area contributed by atoms with E-state index in [4.69, 9.17) is 0 Å². The van der Waals surface area contributed by atoms with Crippen LogP contribution in [0.5, 0.6) is 0 Å². The topological polar surface area (TPSA) is 70.5 Å². The maximum Gasteiger partial charge on any atom is 0.245 e. The Hall–Kier alpha value is -1.83. The van der Waals surface area contributed by atoms with Gasteiger partial charge in [-0.15, -0.1) is 0 Å². The predicted octanol–water partition coefficient (Wildman–Crippen LogP) is 1.89. The minimum Gasteiger partial charge on any atom is -0.395 e. The number of hydrogen-bond acceptors (Lipinski definition) is 4. The molecule has 2 aromatic rings. The van der Waals surface area contributed by atoms with Crippen LogP contribution in [0.25, 0.3) is 0 Å². The normalized spacial score (nSPS) is 17.4. The van der Waals surface area contributed by atoms with E-state index in [-0.39, 0.29) is 24.1 Å². The van der Waals surface area contributed by atoms with E-state index in [0.29, 0.717) is 6.42 Å². The summed E-state index contributed by atoms with van der Waals surface area (Å²) in [6.07, 6.45) is 3.50. The zero-order chi connectivity index (χ0) is 16.4. The zero-order valence-corrected chi connectivity index (χ0v) is 13.2. The summed E-state index contributed by atoms with van der Waals surface area (Å²) in [5.41, 5.74) is 2.04. The van der Waals surface area contributed by atoms with E-state index in [1.807, 2.05) is 24.3 Å². The maximum atomic E-state index is 13.4. The van der Waals surface area contributed by atoms with E-state index >= 15 is 0 Å². The fraction of sp³-hybridized carbons (Fsp3) is 0.312. The number of pyridine rings is 1. The molecule has 1 heterocycles. The SMILES string of the molecule is O=S(=O)(c1cncc(F)c1)N(CCO)C1CCc2ccccc21. The number of hydrogen-bond donors (Lipinski definition) is 1. The molecular formula is C16H17FN2O3S. The van der Waals surface area contributed by atoms with Gasteiger partial charge in [0.25, 0.3) is 0 Å². The number of benzene rings is 1. The first-order chi connectivity index (χ1) is 11.0. The van der Waals surface area contributed by atoms with Gasteiger partial charge in [-0.3, -0.25) is 4.98 Å². The molecule has 1 aromatic carbocycles. The third-order valence-electron chi connectivity index (χ3n) is 4.06. The van der Waals surface area contributed by atoms with Gasteiger partial charge in [0.15, 0.2) is 0 Å². The lowest BCUT2D eigenvalue weighted by atomic mass is 10.1. The Bertz CT molecular complexity index is 810. The van der Waals surface area contributed by atoms with Crippen LogP contribution in [-0.4, -0.2) is 36.0 Å². The lowest BCUT2D eigenvalue weighted by Gasteiger charge is -2.28. The smallest absolute Gasteiger partial charge is 0.245 e. The third-order valence-corrected chi connectivity index (χ3v) is 5.93. The summed E-state index contributed by atoms with van der Waals surface area (Å²) >= 11 is 0. The number of aliphatic hydroxyl groups is 1. The second-order valence-electron chi connectivity index (χ2n) is 5.43. The van der Waals surface area contributed by atoms with E-state index in [1.54, 1.807) is 0 Å². The van der Waals surface area contributed by atoms with Crippen molar-refractivity contribution >= 4 is 10.0 Å². The molecule has 1 unspecified atom stereocenters. The molecule has 0 amide bonds. The molecular weight excluding hydrogens is 319 g/mol. The summed E-state index contributed by atoms with van der Waals surface area (Å²) in [5.74, 6) is -0.707. The van der Waals surface area contributed by atoms with Gasteiger partial charge in [-0.1, -0.05) is 24.3 Å². The Labute approximate surface area is 134 Å². The van der Waals surface area contributed by atoms with Crippen LogP contribution in [0.2, 0.25) is 0 Å². The molecule has 122 valence electrons. The van der Waals surface area contributed by atoms with Gasteiger partial charge >= 0.3 is 0 Å². The molecule has 0 spiro atoms. The van der Waals surface area contributed by atoms with Crippen LogP contribution in [0.3, 0.4) is 0 Å². The van der Waals surface area contributed by atoms with Crippen molar-refractivity contribution in [2.75, 3.05) is 13.2 Å². The first-order valence-corrected chi connectivity index (χ1v) is 8.79. The molecule has 1 aliphatic rings. The Morgan fingerprint density at radius 1 is 1.30 bits per heavy atom. The largest absolute Gasteiger partial charge is 0.395 e. The second-order valence-corrected chi connectivity index (χ2v) is 7.32. The minimum absolute atomic E-state index is 0.0438. The van der Waals surface area contributed by atoms with Crippen molar-refractivity contribution in [1.29, 1.82) is 0 Å². The van der Waals surface area contributed by atoms with Crippen LogP contribution in [0.1, 0.15) is 23.6 Å². The average Bonchev–Trinajstić information content (AvgIpc) is 2.96. The van der Waals surface area contributed by atoms with E-state index in [2.05, 4.69) is 4.98 Å². The Balaban J connectivity index is 2.03. The van der Waals surface area contributed by atoms with Gasteiger partial charge in [0.1, 0.15) is 10.7 Å². The molecule has 0 saturated heterocycles. The molecule has 0 fully saturated rings. The summed E-state index contributed by atoms with van der Waals surface area (Å²) in [4.78, 5) is 3.42. The first-order valence-electron chi connectivity index (χ1n) is 7.35. The number of halogens is 1. The van der Waals surface area contributed by atoms with Crippen LogP contribution in [0.4, 0.5) is 4.39 Å². The molecule has 23 heavy (non-hydrogen) atoms. The summed E-state index contributed by atoms with van der Waals surface area (Å²) in [6.45, 7) is -0.349. The lowest BCUT2D eigenvalue weighted by Crippen LogP contribution is -2.36. The van der Waals surface area contributed by atoms with E-state index in [0.717, 1.165) is 36.0 Å². The van der Waals surface area contributed by atoms with Crippen molar-refractivity contribution in [1.82, 2.24) is 9.29 Å². The Morgan fingerprint density at radius 2 is 2.09 bits per heavy atom. The highest BCUT2D eigenvalue weighted by Gasteiger charge is 2.36. The fourth-order valence-corrected chi connectivity index (χ4v) is 4.65. The minimum atomic E-state index is -3.94. The highest BCUT2D eigenvalue weighted by atomic mass is 32.2. The number of aliphatic hydroxyl groups excluding tert-OH is 1. The molecule has 0 radical (unpaired) electrons. The molecule has 1 aromatic heterocycles. The van der Waals surface area contributed by atoms with Gasteiger partial charge < -0.3 is 5.11 Å². The average molecular weight is 336 g/mol. The molecule has 0 aliphatic heterocycles. The number of sulfonamides is 1. The van der Waals surface area contributed by atoms with Gasteiger partial charge in [0.2, 0.25) is 10.0 Å². The predicted molar refractivity (Wildman–Crippen MR) is 82.7 cm³/mol. The number of aromatic nitrogens is 1. The van der Waals surface area contributed by atoms with Crippen LogP contribution in [-0.2, 0) is 16.4 Å². The van der Waals surface area contributed by atoms with Crippen molar-refractivity contribution < 1.29 is 17.9 Å². The van der Waals surface area contributed by atoms with Crippen molar-refractivity contribution in [3.63, 3.8) is 0 Å². The number of nitrogens with zero attached hydrogens (tertiary/aromatic N) is 2. The van der Waals surface area contributed by atoms with Gasteiger partial charge in [0, 0.05) is 12.7 Å². The number of rotatable bonds is 5. The molecule has 5 nitrogen and oxygen atoms in total. The molecule has 1 aliphatic carbocycles. The highest BCUT2D eigenvalue weighted by Crippen LogP contribution is 2.38. The van der Waals surface area contributed by atoms with Gasteiger partial charge in [-0.05, 0) is 30.0 Å². The van der Waals surface area contributed by atoms with Crippen LogP contribution in [0, 0.1) is 5.82 Å². The van der Waals surface area contributed by atoms with E-state index in [1.165, 1.54) is 4.31 Å². The molecule has 0 bridgehead atoms. The zero-order valence-electron chi connectivity index (χ0n) is 12.4. The van der Waals surface area contributed by atoms with Crippen molar-refractivity contribution in [3.05, 3.63) is 59.7 Å². The number of aryl methyl sites for hydroxylation is 1. The molecule has 3 rings (SSSR count). The maximum absolute atomic E-state index is 13.4. The monoisotopic (exact) mass is 336 g/mol. The third kappa shape index (κ3) is 2.99. The van der Waals surface area contributed by atoms with Gasteiger partial charge in [-0.25, -0.2) is 12.8 Å². The van der Waals surface area contributed by atoms with Crippen LogP contribution >= 0.6 is 0 Å². The van der Waals surface area contributed by atoms with Crippen molar-refractivity contribution in [2.24, 2.45) is 0 Å². The Morgan fingerprint density at radius 3 is 2.83 bits per heavy atom. The Kier molecular flexibility index (Phi) is 4.43. The van der Waals surface area contributed by atoms with Crippen molar-refractivity contribution in [2.45, 2.75) is 23.8 Å². The molecule has 1 N–H and O–H groups in total.